The minimum absolute atomic E-state index is 0.379. The maximum Gasteiger partial charge on any atom is 0.347 e. The molecule has 0 saturated heterocycles. The van der Waals surface area contributed by atoms with Gasteiger partial charge in [0.1, 0.15) is 32.2 Å². The first-order chi connectivity index (χ1) is 16.9. The zero-order valence-electron chi connectivity index (χ0n) is 17.4. The van der Waals surface area contributed by atoms with Crippen LogP contribution in [0, 0.1) is 26.8 Å². The van der Waals surface area contributed by atoms with Crippen molar-refractivity contribution < 1.29 is 49.6 Å². The van der Waals surface area contributed by atoms with Crippen molar-refractivity contribution in [3.63, 3.8) is 0 Å². The normalized spacial score (nSPS) is 14.4. The van der Waals surface area contributed by atoms with E-state index in [2.05, 4.69) is 4.74 Å². The average Bonchev–Trinajstić information content (AvgIpc) is 3.24. The molecule has 36 heavy (non-hydrogen) atoms. The van der Waals surface area contributed by atoms with Crippen LogP contribution in [-0.2, 0) is 14.9 Å². The Balaban J connectivity index is 1.67. The van der Waals surface area contributed by atoms with Crippen molar-refractivity contribution in [2.24, 2.45) is 0 Å². The highest BCUT2D eigenvalue weighted by Gasteiger charge is 2.33. The van der Waals surface area contributed by atoms with Crippen LogP contribution in [0.3, 0.4) is 0 Å². The van der Waals surface area contributed by atoms with Gasteiger partial charge in [-0.2, -0.15) is 8.78 Å². The summed E-state index contributed by atoms with van der Waals surface area (Å²) in [5.41, 5.74) is 0.875. The van der Waals surface area contributed by atoms with Crippen LogP contribution in [0.1, 0.15) is 27.4 Å². The van der Waals surface area contributed by atoms with Gasteiger partial charge in [-0.05, 0) is 51.9 Å². The maximum atomic E-state index is 14.3. The Morgan fingerprint density at radius 1 is 0.917 bits per heavy atom. The Hall–Kier alpha value is -3.30. The van der Waals surface area contributed by atoms with Gasteiger partial charge in [0.15, 0.2) is 11.6 Å². The molecule has 0 aliphatic heterocycles. The van der Waals surface area contributed by atoms with E-state index in [-0.39, 0.29) is 5.75 Å². The highest BCUT2D eigenvalue weighted by Crippen LogP contribution is 2.35. The van der Waals surface area contributed by atoms with Crippen molar-refractivity contribution >= 4 is 50.7 Å². The number of esters is 2. The van der Waals surface area contributed by atoms with E-state index in [1.54, 1.807) is 36.4 Å². The highest BCUT2D eigenvalue weighted by atomic mass is 127. The van der Waals surface area contributed by atoms with Gasteiger partial charge in [0.05, 0.1) is 0 Å². The second-order valence-electron chi connectivity index (χ2n) is 7.29. The third-order valence-electron chi connectivity index (χ3n) is 5.05. The van der Waals surface area contributed by atoms with Crippen molar-refractivity contribution in [3.05, 3.63) is 92.1 Å². The van der Waals surface area contributed by atoms with Crippen molar-refractivity contribution in [1.29, 1.82) is 0 Å². The smallest absolute Gasteiger partial charge is 0.347 e. The molecule has 1 aliphatic carbocycles. The number of halogens is 5. The monoisotopic (exact) mass is 633 g/mol. The van der Waals surface area contributed by atoms with Gasteiger partial charge in [0.2, 0.25) is 17.4 Å². The Bertz CT molecular complexity index is 1540. The largest absolute Gasteiger partial charge is 0.744 e. The number of rotatable bonds is 5. The summed E-state index contributed by atoms with van der Waals surface area (Å²) in [7, 11) is -5.95. The van der Waals surface area contributed by atoms with E-state index in [4.69, 9.17) is 4.74 Å². The molecule has 0 amide bonds. The van der Waals surface area contributed by atoms with Crippen LogP contribution < -0.4 is 9.47 Å². The van der Waals surface area contributed by atoms with Gasteiger partial charge in [-0.1, -0.05) is 36.4 Å². The van der Waals surface area contributed by atoms with Crippen LogP contribution in [0.5, 0.6) is 11.5 Å². The lowest BCUT2D eigenvalue weighted by atomic mass is 10.0. The summed E-state index contributed by atoms with van der Waals surface area (Å²) in [4.78, 5) is 23.1. The minimum atomic E-state index is -5.95. The van der Waals surface area contributed by atoms with E-state index < -0.39 is 67.5 Å². The average molecular weight is 633 g/mol. The van der Waals surface area contributed by atoms with Crippen molar-refractivity contribution in [1.82, 2.24) is 0 Å². The molecule has 0 fully saturated rings. The molecule has 0 bridgehead atoms. The standard InChI is InChI=1S/C23H11F4IO7S/c24-16-18(26)21(36(31,32)33)19(27)17(25)20(16)35-23(30)14-8-6-11(28)9-15(14)34-22(29)13-7-5-10-3-1-2-4-12(10)13/h1-9,13H,(H,31,32,33)/p-1. The van der Waals surface area contributed by atoms with Gasteiger partial charge in [-0.15, -0.1) is 0 Å². The molecule has 0 heterocycles. The molecule has 3 aromatic rings. The fraction of sp³-hybridized carbons (Fsp3) is 0.0435. The minimum Gasteiger partial charge on any atom is -0.744 e. The predicted octanol–water partition coefficient (Wildman–Crippen LogP) is 4.69. The Kier molecular flexibility index (Phi) is 6.90. The number of carbonyl (C=O) groups excluding carboxylic acids is 2. The van der Waals surface area contributed by atoms with E-state index in [1.165, 1.54) is 12.1 Å². The van der Waals surface area contributed by atoms with E-state index >= 15 is 0 Å². The van der Waals surface area contributed by atoms with Crippen LogP contribution in [0.2, 0.25) is 0 Å². The lowest BCUT2D eigenvalue weighted by Crippen LogP contribution is -2.20. The van der Waals surface area contributed by atoms with Gasteiger partial charge in [0.25, 0.3) is 0 Å². The summed E-state index contributed by atoms with van der Waals surface area (Å²) >= 11 is 1.83. The highest BCUT2D eigenvalue weighted by molar-refractivity contribution is 14.1. The van der Waals surface area contributed by atoms with Gasteiger partial charge in [0, 0.05) is 3.57 Å². The zero-order chi connectivity index (χ0) is 26.4. The Labute approximate surface area is 214 Å². The second kappa shape index (κ2) is 9.63. The number of fused-ring (bicyclic) bond motifs is 1. The third-order valence-corrected chi connectivity index (χ3v) is 6.58. The van der Waals surface area contributed by atoms with Gasteiger partial charge in [-0.3, -0.25) is 4.79 Å². The lowest BCUT2D eigenvalue weighted by Gasteiger charge is -2.15. The van der Waals surface area contributed by atoms with Crippen LogP contribution >= 0.6 is 22.6 Å². The van der Waals surface area contributed by atoms with Crippen LogP contribution in [0.25, 0.3) is 6.08 Å². The Morgan fingerprint density at radius 2 is 1.56 bits per heavy atom. The molecular formula is C23H10F4IO7S-. The first-order valence-corrected chi connectivity index (χ1v) is 12.2. The topological polar surface area (TPSA) is 110 Å². The first-order valence-electron chi connectivity index (χ1n) is 9.72. The van der Waals surface area contributed by atoms with Crippen molar-refractivity contribution in [2.75, 3.05) is 0 Å². The van der Waals surface area contributed by atoms with Gasteiger partial charge in [-0.25, -0.2) is 22.0 Å². The van der Waals surface area contributed by atoms with Crippen LogP contribution in [-0.4, -0.2) is 24.9 Å². The number of ether oxygens (including phenoxy) is 2. The summed E-state index contributed by atoms with van der Waals surface area (Å²) in [6.07, 6.45) is 3.27. The molecule has 3 aromatic carbocycles. The molecule has 1 aliphatic rings. The number of hydrogen-bond acceptors (Lipinski definition) is 7. The van der Waals surface area contributed by atoms with Gasteiger partial charge >= 0.3 is 11.9 Å². The molecule has 0 aromatic heterocycles. The molecular weight excluding hydrogens is 623 g/mol. The summed E-state index contributed by atoms with van der Waals surface area (Å²) < 4.78 is 99.8. The van der Waals surface area contributed by atoms with Crippen LogP contribution in [0.4, 0.5) is 17.6 Å². The zero-order valence-corrected chi connectivity index (χ0v) is 20.4. The number of hydrogen-bond donors (Lipinski definition) is 0. The molecule has 13 heteroatoms. The first kappa shape index (κ1) is 25.8. The van der Waals surface area contributed by atoms with Crippen molar-refractivity contribution in [3.8, 4) is 11.5 Å². The fourth-order valence-electron chi connectivity index (χ4n) is 3.42. The van der Waals surface area contributed by atoms with Gasteiger partial charge < -0.3 is 14.0 Å². The predicted molar refractivity (Wildman–Crippen MR) is 122 cm³/mol. The lowest BCUT2D eigenvalue weighted by molar-refractivity contribution is -0.134. The molecule has 0 spiro atoms. The molecule has 7 nitrogen and oxygen atoms in total. The quantitative estimate of drug-likeness (QED) is 0.100. The summed E-state index contributed by atoms with van der Waals surface area (Å²) in [5.74, 6) is -15.5. The van der Waals surface area contributed by atoms with E-state index in [1.807, 2.05) is 22.6 Å². The second-order valence-corrected chi connectivity index (χ2v) is 9.85. The summed E-state index contributed by atoms with van der Waals surface area (Å²) in [6, 6.07) is 10.6. The van der Waals surface area contributed by atoms with E-state index in [0.29, 0.717) is 9.13 Å². The molecule has 1 atom stereocenters. The Morgan fingerprint density at radius 3 is 2.19 bits per heavy atom. The maximum absolute atomic E-state index is 14.3. The molecule has 186 valence electrons. The molecule has 0 saturated carbocycles. The van der Waals surface area contributed by atoms with E-state index in [9.17, 15) is 40.1 Å². The molecule has 0 N–H and O–H groups in total. The summed E-state index contributed by atoms with van der Waals surface area (Å²) in [6.45, 7) is 0. The SMILES string of the molecule is O=C(Oc1c(F)c(F)c(S(=O)(=O)[O-])c(F)c1F)c1ccc(I)cc1OC(=O)C1C=Cc2ccccc21. The summed E-state index contributed by atoms with van der Waals surface area (Å²) in [5, 5.41) is 0. The third kappa shape index (κ3) is 4.73. The molecule has 1 unspecified atom stereocenters. The fourth-order valence-corrected chi connectivity index (χ4v) is 4.51. The number of benzene rings is 3. The molecule has 4 rings (SSSR count). The van der Waals surface area contributed by atoms with E-state index in [0.717, 1.165) is 11.6 Å². The van der Waals surface area contributed by atoms with Crippen molar-refractivity contribution in [2.45, 2.75) is 10.8 Å². The molecule has 0 radical (unpaired) electrons. The van der Waals surface area contributed by atoms with Crippen LogP contribution in [0.15, 0.2) is 53.4 Å². The number of carbonyl (C=O) groups is 2.